The highest BCUT2D eigenvalue weighted by atomic mass is 16.2. The second kappa shape index (κ2) is 7.56. The van der Waals surface area contributed by atoms with Gasteiger partial charge >= 0.3 is 0 Å². The molecular formula is C21H25N7O2. The molecule has 2 saturated heterocycles. The molecule has 2 aromatic heterocycles. The fraction of sp³-hybridized carbons (Fsp3) is 0.429. The summed E-state index contributed by atoms with van der Waals surface area (Å²) in [6.07, 6.45) is 7.79. The number of aromatic nitrogens is 3. The molecule has 2 aliphatic heterocycles. The van der Waals surface area contributed by atoms with Gasteiger partial charge in [-0.1, -0.05) is 6.58 Å². The lowest BCUT2D eigenvalue weighted by molar-refractivity contribution is -0.120. The quantitative estimate of drug-likeness (QED) is 0.600. The van der Waals surface area contributed by atoms with Crippen molar-refractivity contribution in [1.29, 1.82) is 0 Å². The third-order valence-corrected chi connectivity index (χ3v) is 5.75. The molecule has 3 fully saturated rings. The van der Waals surface area contributed by atoms with Gasteiger partial charge in [0.15, 0.2) is 5.65 Å². The minimum Gasteiger partial charge on any atom is -0.367 e. The van der Waals surface area contributed by atoms with Gasteiger partial charge < -0.3 is 21.3 Å². The molecule has 30 heavy (non-hydrogen) atoms. The van der Waals surface area contributed by atoms with E-state index in [0.29, 0.717) is 23.2 Å². The first-order valence-corrected chi connectivity index (χ1v) is 10.4. The van der Waals surface area contributed by atoms with E-state index in [1.54, 1.807) is 10.7 Å². The molecule has 156 valence electrons. The van der Waals surface area contributed by atoms with Crippen LogP contribution in [0.3, 0.4) is 0 Å². The third-order valence-electron chi connectivity index (χ3n) is 5.75. The normalized spacial score (nSPS) is 21.3. The van der Waals surface area contributed by atoms with Gasteiger partial charge in [0.1, 0.15) is 11.6 Å². The molecule has 0 atom stereocenters. The Morgan fingerprint density at radius 2 is 2.07 bits per heavy atom. The Hall–Kier alpha value is -3.20. The minimum absolute atomic E-state index is 0.00380. The summed E-state index contributed by atoms with van der Waals surface area (Å²) in [6, 6.07) is 2.26. The molecule has 2 aromatic rings. The van der Waals surface area contributed by atoms with Crippen molar-refractivity contribution in [3.05, 3.63) is 35.7 Å². The van der Waals surface area contributed by atoms with Gasteiger partial charge in [0.05, 0.1) is 12.6 Å². The lowest BCUT2D eigenvalue weighted by Gasteiger charge is -2.21. The molecule has 4 N–H and O–H groups in total. The largest absolute Gasteiger partial charge is 0.367 e. The number of nitrogens with zero attached hydrogens (tertiary/aromatic N) is 3. The van der Waals surface area contributed by atoms with Crippen LogP contribution in [0.1, 0.15) is 37.7 Å². The Labute approximate surface area is 174 Å². The third kappa shape index (κ3) is 3.80. The van der Waals surface area contributed by atoms with E-state index < -0.39 is 0 Å². The Morgan fingerprint density at radius 1 is 1.27 bits per heavy atom. The van der Waals surface area contributed by atoms with Crippen LogP contribution in [0.4, 0.5) is 11.6 Å². The maximum atomic E-state index is 12.7. The molecule has 0 bridgehead atoms. The van der Waals surface area contributed by atoms with E-state index in [2.05, 4.69) is 37.9 Å². The number of rotatable bonds is 5. The first kappa shape index (κ1) is 18.8. The predicted octanol–water partition coefficient (Wildman–Crippen LogP) is 1.66. The zero-order valence-corrected chi connectivity index (χ0v) is 16.7. The molecule has 4 heterocycles. The molecule has 5 rings (SSSR count). The van der Waals surface area contributed by atoms with Crippen LogP contribution in [-0.2, 0) is 9.59 Å². The number of nitrogens with one attached hydrogen (secondary N) is 4. The molecule has 0 unspecified atom stereocenters. The van der Waals surface area contributed by atoms with Gasteiger partial charge in [-0.3, -0.25) is 9.59 Å². The molecule has 1 aliphatic carbocycles. The summed E-state index contributed by atoms with van der Waals surface area (Å²) in [6.45, 7) is 5.61. The molecule has 0 spiro atoms. The van der Waals surface area contributed by atoms with Crippen molar-refractivity contribution in [3.8, 4) is 0 Å². The molecule has 3 aliphatic rings. The summed E-state index contributed by atoms with van der Waals surface area (Å²) in [4.78, 5) is 29.1. The average molecular weight is 407 g/mol. The van der Waals surface area contributed by atoms with Gasteiger partial charge in [-0.25, -0.2) is 4.98 Å². The summed E-state index contributed by atoms with van der Waals surface area (Å²) in [5.74, 6) is 1.24. The van der Waals surface area contributed by atoms with E-state index in [-0.39, 0.29) is 24.2 Å². The number of anilines is 2. The van der Waals surface area contributed by atoms with E-state index in [1.165, 1.54) is 0 Å². The number of carbonyl (C=O) groups is 2. The van der Waals surface area contributed by atoms with Crippen LogP contribution in [0.2, 0.25) is 0 Å². The van der Waals surface area contributed by atoms with Crippen LogP contribution >= 0.6 is 0 Å². The van der Waals surface area contributed by atoms with Crippen LogP contribution in [0.5, 0.6) is 0 Å². The number of carbonyl (C=O) groups excluding carboxylic acids is 2. The van der Waals surface area contributed by atoms with Gasteiger partial charge in [0.25, 0.3) is 0 Å². The van der Waals surface area contributed by atoms with E-state index in [1.807, 2.05) is 12.1 Å². The van der Waals surface area contributed by atoms with Gasteiger partial charge in [0, 0.05) is 29.3 Å². The highest BCUT2D eigenvalue weighted by Gasteiger charge is 2.25. The van der Waals surface area contributed by atoms with Crippen molar-refractivity contribution in [3.63, 3.8) is 0 Å². The monoisotopic (exact) mass is 407 g/mol. The number of allylic oxidation sites excluding steroid dienone is 1. The minimum atomic E-state index is -0.0679. The smallest absolute Gasteiger partial charge is 0.228 e. The van der Waals surface area contributed by atoms with E-state index in [0.717, 1.165) is 55.7 Å². The van der Waals surface area contributed by atoms with E-state index in [4.69, 9.17) is 0 Å². The number of hydrogen-bond donors (Lipinski definition) is 4. The van der Waals surface area contributed by atoms with Crippen LogP contribution in [-0.4, -0.2) is 45.5 Å². The Balaban J connectivity index is 1.49. The number of piperidine rings is 1. The zero-order valence-electron chi connectivity index (χ0n) is 16.7. The molecule has 0 radical (unpaired) electrons. The second-order valence-electron chi connectivity index (χ2n) is 8.17. The fourth-order valence-corrected chi connectivity index (χ4v) is 3.90. The lowest BCUT2D eigenvalue weighted by atomic mass is 9.97. The number of amides is 2. The maximum Gasteiger partial charge on any atom is 0.228 e. The van der Waals surface area contributed by atoms with Crippen LogP contribution < -0.4 is 21.3 Å². The first-order valence-electron chi connectivity index (χ1n) is 10.4. The summed E-state index contributed by atoms with van der Waals surface area (Å²) >= 11 is 0. The number of hydrogen-bond acceptors (Lipinski definition) is 6. The molecule has 2 amide bonds. The van der Waals surface area contributed by atoms with Crippen molar-refractivity contribution in [2.45, 2.75) is 38.1 Å². The van der Waals surface area contributed by atoms with Gasteiger partial charge in [0.2, 0.25) is 11.8 Å². The molecule has 9 nitrogen and oxygen atoms in total. The molecular weight excluding hydrogens is 382 g/mol. The molecule has 0 aromatic carbocycles. The summed E-state index contributed by atoms with van der Waals surface area (Å²) < 4.78 is 1.75. The van der Waals surface area contributed by atoms with Crippen molar-refractivity contribution in [2.24, 2.45) is 5.92 Å². The Bertz CT molecular complexity index is 1060. The maximum absolute atomic E-state index is 12.7. The number of fused-ring (bicyclic) bond motifs is 1. The second-order valence-corrected chi connectivity index (χ2v) is 8.17. The van der Waals surface area contributed by atoms with Gasteiger partial charge in [-0.2, -0.15) is 9.61 Å². The summed E-state index contributed by atoms with van der Waals surface area (Å²) in [5, 5.41) is 17.0. The standard InChI is InChI=1S/C21H25N7O2/c1-12-14(9-19(29)24-12)8-15-11-23-28-18(25-16-2-3-16)10-17(26-20(15)28)27-21(30)13-4-6-22-7-5-13/h8,10-11,13,16,22,25H,1-7,9H2,(H,24,29)(H,26,27,30)/b14-8+. The fourth-order valence-electron chi connectivity index (χ4n) is 3.90. The topological polar surface area (TPSA) is 112 Å². The van der Waals surface area contributed by atoms with E-state index in [9.17, 15) is 9.59 Å². The predicted molar refractivity (Wildman–Crippen MR) is 114 cm³/mol. The Morgan fingerprint density at radius 3 is 2.77 bits per heavy atom. The van der Waals surface area contributed by atoms with Crippen LogP contribution in [0.15, 0.2) is 30.1 Å². The summed E-state index contributed by atoms with van der Waals surface area (Å²) in [5.41, 5.74) is 2.82. The Kier molecular flexibility index (Phi) is 4.74. The SMILES string of the molecule is C=C1NC(=O)C/C1=C\c1cnn2c(NC3CC3)cc(NC(=O)C3CCNCC3)nc12. The highest BCUT2D eigenvalue weighted by Crippen LogP contribution is 2.29. The van der Waals surface area contributed by atoms with Crippen molar-refractivity contribution >= 4 is 35.2 Å². The highest BCUT2D eigenvalue weighted by molar-refractivity contribution is 5.93. The van der Waals surface area contributed by atoms with E-state index >= 15 is 0 Å². The van der Waals surface area contributed by atoms with Crippen molar-refractivity contribution in [2.75, 3.05) is 23.7 Å². The van der Waals surface area contributed by atoms with Crippen LogP contribution in [0, 0.1) is 5.92 Å². The molecule has 9 heteroatoms. The average Bonchev–Trinajstić information content (AvgIpc) is 3.37. The lowest BCUT2D eigenvalue weighted by Crippen LogP contribution is -2.34. The first-order chi connectivity index (χ1) is 14.6. The van der Waals surface area contributed by atoms with Gasteiger partial charge in [-0.15, -0.1) is 0 Å². The van der Waals surface area contributed by atoms with Crippen LogP contribution in [0.25, 0.3) is 11.7 Å². The molecule has 1 saturated carbocycles. The van der Waals surface area contributed by atoms with Crippen molar-refractivity contribution in [1.82, 2.24) is 25.2 Å². The van der Waals surface area contributed by atoms with Gasteiger partial charge in [-0.05, 0) is 50.4 Å². The summed E-state index contributed by atoms with van der Waals surface area (Å²) in [7, 11) is 0. The zero-order chi connectivity index (χ0) is 20.7. The van der Waals surface area contributed by atoms with Crippen molar-refractivity contribution < 1.29 is 9.59 Å².